The van der Waals surface area contributed by atoms with E-state index in [1.165, 1.54) is 12.1 Å². The molecule has 1 rings (SSSR count). The van der Waals surface area contributed by atoms with Gasteiger partial charge in [0, 0.05) is 0 Å². The molecule has 0 bridgehead atoms. The monoisotopic (exact) mass is 199 g/mol. The SMILES string of the molecule is F[B-](F)(F)Cc1ccccc1.[H-].[K+]. The Kier molecular flexibility index (Phi) is 5.77. The van der Waals surface area contributed by atoms with E-state index in [0.717, 1.165) is 0 Å². The van der Waals surface area contributed by atoms with Crippen LogP contribution in [-0.2, 0) is 6.32 Å². The Labute approximate surface area is 114 Å². The van der Waals surface area contributed by atoms with Crippen molar-refractivity contribution in [3.8, 4) is 0 Å². The van der Waals surface area contributed by atoms with Crippen molar-refractivity contribution in [3.63, 3.8) is 0 Å². The minimum Gasteiger partial charge on any atom is -1.00 e. The van der Waals surface area contributed by atoms with Crippen LogP contribution in [0.1, 0.15) is 6.99 Å². The van der Waals surface area contributed by atoms with Gasteiger partial charge in [0.15, 0.2) is 0 Å². The van der Waals surface area contributed by atoms with E-state index in [-0.39, 0.29) is 52.8 Å². The Bertz CT molecular complexity index is 227. The van der Waals surface area contributed by atoms with Crippen molar-refractivity contribution >= 4 is 6.98 Å². The minimum atomic E-state index is -4.68. The average molecular weight is 199 g/mol. The number of hydrogen-bond acceptors (Lipinski definition) is 0. The van der Waals surface area contributed by atoms with E-state index < -0.39 is 13.3 Å². The molecular formula is C7H8BF3K-. The van der Waals surface area contributed by atoms with Gasteiger partial charge in [0.05, 0.1) is 0 Å². The Hall–Kier alpha value is 0.711. The van der Waals surface area contributed by atoms with Gasteiger partial charge in [0.2, 0.25) is 0 Å². The van der Waals surface area contributed by atoms with E-state index in [1.54, 1.807) is 18.2 Å². The molecule has 0 saturated carbocycles. The van der Waals surface area contributed by atoms with Gasteiger partial charge in [-0.05, 0) is 0 Å². The summed E-state index contributed by atoms with van der Waals surface area (Å²) in [6.45, 7) is -4.68. The molecule has 0 atom stereocenters. The van der Waals surface area contributed by atoms with Crippen molar-refractivity contribution < 1.29 is 65.8 Å². The van der Waals surface area contributed by atoms with E-state index >= 15 is 0 Å². The van der Waals surface area contributed by atoms with Crippen LogP contribution in [0.5, 0.6) is 0 Å². The van der Waals surface area contributed by atoms with Gasteiger partial charge in [0.25, 0.3) is 0 Å². The fourth-order valence-corrected chi connectivity index (χ4v) is 0.881. The van der Waals surface area contributed by atoms with Crippen molar-refractivity contribution in [1.29, 1.82) is 0 Å². The second-order valence-corrected chi connectivity index (χ2v) is 2.40. The summed E-state index contributed by atoms with van der Waals surface area (Å²) in [7, 11) is 0. The topological polar surface area (TPSA) is 0 Å². The van der Waals surface area contributed by atoms with Crippen molar-refractivity contribution in [3.05, 3.63) is 35.9 Å². The van der Waals surface area contributed by atoms with Crippen molar-refractivity contribution in [1.82, 2.24) is 0 Å². The molecule has 0 saturated heterocycles. The minimum absolute atomic E-state index is 0. The van der Waals surface area contributed by atoms with Crippen molar-refractivity contribution in [2.45, 2.75) is 6.32 Å². The zero-order valence-electron chi connectivity index (χ0n) is 7.81. The van der Waals surface area contributed by atoms with Crippen LogP contribution >= 0.6 is 0 Å². The van der Waals surface area contributed by atoms with E-state index in [4.69, 9.17) is 0 Å². The van der Waals surface area contributed by atoms with Gasteiger partial charge in [-0.25, -0.2) is 0 Å². The summed E-state index contributed by atoms with van der Waals surface area (Å²) in [4.78, 5) is 0. The average Bonchev–Trinajstić information content (AvgIpc) is 1.85. The van der Waals surface area contributed by atoms with Gasteiger partial charge in [-0.3, -0.25) is 0 Å². The van der Waals surface area contributed by atoms with Gasteiger partial charge < -0.3 is 14.4 Å². The molecule has 0 heterocycles. The quantitative estimate of drug-likeness (QED) is 0.575. The van der Waals surface area contributed by atoms with Crippen LogP contribution in [0.15, 0.2) is 30.3 Å². The zero-order chi connectivity index (χ0) is 8.32. The van der Waals surface area contributed by atoms with Gasteiger partial charge in [-0.1, -0.05) is 42.2 Å². The molecule has 0 N–H and O–H groups in total. The fourth-order valence-electron chi connectivity index (χ4n) is 0.881. The Morgan fingerprint density at radius 1 is 1.08 bits per heavy atom. The standard InChI is InChI=1S/C7H7BF3.K.H/c9-8(10,11)6-7-4-2-1-3-5-7;;/h1-5H,6H2;;/q-1;+1;-1. The van der Waals surface area contributed by atoms with E-state index in [2.05, 4.69) is 0 Å². The zero-order valence-corrected chi connectivity index (χ0v) is 9.93. The first-order valence-electron chi connectivity index (χ1n) is 3.33. The Morgan fingerprint density at radius 2 is 1.58 bits per heavy atom. The second-order valence-electron chi connectivity index (χ2n) is 2.40. The van der Waals surface area contributed by atoms with Crippen molar-refractivity contribution in [2.75, 3.05) is 0 Å². The molecule has 0 aliphatic rings. The summed E-state index contributed by atoms with van der Waals surface area (Å²) in [5.41, 5.74) is 0.333. The number of hydrogen-bond donors (Lipinski definition) is 0. The van der Waals surface area contributed by atoms with Crippen LogP contribution in [-0.4, -0.2) is 6.98 Å². The molecule has 0 radical (unpaired) electrons. The molecule has 1 aromatic carbocycles. The summed E-state index contributed by atoms with van der Waals surface area (Å²) in [5.74, 6) is 0. The van der Waals surface area contributed by atoms with Gasteiger partial charge >= 0.3 is 58.4 Å². The predicted octanol–water partition coefficient (Wildman–Crippen LogP) is -0.268. The molecule has 0 nitrogen and oxygen atoms in total. The number of halogens is 3. The van der Waals surface area contributed by atoms with Crippen LogP contribution in [0.3, 0.4) is 0 Å². The van der Waals surface area contributed by atoms with Gasteiger partial charge in [-0.2, -0.15) is 0 Å². The predicted molar refractivity (Wildman–Crippen MR) is 40.3 cm³/mol. The molecule has 0 aromatic heterocycles. The summed E-state index contributed by atoms with van der Waals surface area (Å²) in [6.07, 6.45) is -0.777. The third-order valence-electron chi connectivity index (χ3n) is 1.31. The number of rotatable bonds is 2. The first-order chi connectivity index (χ1) is 5.08. The first-order valence-corrected chi connectivity index (χ1v) is 3.33. The van der Waals surface area contributed by atoms with Crippen LogP contribution in [0.4, 0.5) is 12.9 Å². The summed E-state index contributed by atoms with van der Waals surface area (Å²) in [5, 5.41) is 0. The molecule has 0 aliphatic carbocycles. The maximum atomic E-state index is 11.8. The summed E-state index contributed by atoms with van der Waals surface area (Å²) < 4.78 is 35.4. The molecular weight excluding hydrogens is 191 g/mol. The molecule has 0 amide bonds. The van der Waals surface area contributed by atoms with E-state index in [9.17, 15) is 12.9 Å². The summed E-state index contributed by atoms with van der Waals surface area (Å²) >= 11 is 0. The second kappa shape index (κ2) is 5.44. The smallest absolute Gasteiger partial charge is 1.00 e. The van der Waals surface area contributed by atoms with Crippen LogP contribution in [0.25, 0.3) is 0 Å². The third kappa shape index (κ3) is 5.37. The molecule has 12 heavy (non-hydrogen) atoms. The molecule has 62 valence electrons. The van der Waals surface area contributed by atoms with E-state index in [1.807, 2.05) is 0 Å². The van der Waals surface area contributed by atoms with E-state index in [0.29, 0.717) is 5.56 Å². The molecule has 0 unspecified atom stereocenters. The number of benzene rings is 1. The van der Waals surface area contributed by atoms with Crippen LogP contribution in [0, 0.1) is 0 Å². The Balaban J connectivity index is 0. The fraction of sp³-hybridized carbons (Fsp3) is 0.143. The maximum absolute atomic E-state index is 11.8. The Morgan fingerprint density at radius 3 is 2.00 bits per heavy atom. The van der Waals surface area contributed by atoms with Crippen molar-refractivity contribution in [2.24, 2.45) is 0 Å². The van der Waals surface area contributed by atoms with Crippen LogP contribution < -0.4 is 51.4 Å². The molecule has 0 aliphatic heterocycles. The molecule has 5 heteroatoms. The largest absolute Gasteiger partial charge is 1.00 e. The first kappa shape index (κ1) is 12.7. The third-order valence-corrected chi connectivity index (χ3v) is 1.31. The molecule has 1 aromatic rings. The van der Waals surface area contributed by atoms with Gasteiger partial charge in [0.1, 0.15) is 0 Å². The molecule has 0 fully saturated rings. The van der Waals surface area contributed by atoms with Gasteiger partial charge in [-0.15, -0.1) is 0 Å². The normalized spacial score (nSPS) is 10.6. The van der Waals surface area contributed by atoms with Crippen LogP contribution in [0.2, 0.25) is 0 Å². The molecule has 0 spiro atoms. The summed E-state index contributed by atoms with van der Waals surface area (Å²) in [6, 6.07) is 7.88. The maximum Gasteiger partial charge on any atom is 1.00 e.